The number of pyridine rings is 1. The summed E-state index contributed by atoms with van der Waals surface area (Å²) in [5, 5.41) is 0. The summed E-state index contributed by atoms with van der Waals surface area (Å²) in [6.07, 6.45) is 2.84. The van der Waals surface area contributed by atoms with E-state index in [1.165, 1.54) is 18.5 Å². The molecule has 24 heavy (non-hydrogen) atoms. The normalized spacial score (nSPS) is 12.9. The molecule has 126 valence electrons. The molecule has 6 nitrogen and oxygen atoms in total. The zero-order chi connectivity index (χ0) is 17.6. The molecule has 0 bridgehead atoms. The standard InChI is InChI=1S/C16H15BrN2O4S/c1-2-23-15(20)11-24(22,14-6-4-3-5-7-14)19-16(21)12-8-13(17)10-18-9-12/h3-10H,2,11H2,1H3. The molecule has 1 unspecified atom stereocenters. The first-order valence-electron chi connectivity index (χ1n) is 7.05. The number of rotatable bonds is 5. The van der Waals surface area contributed by atoms with Gasteiger partial charge in [0.1, 0.15) is 5.75 Å². The van der Waals surface area contributed by atoms with E-state index < -0.39 is 27.4 Å². The van der Waals surface area contributed by atoms with Crippen LogP contribution in [0.15, 0.2) is 62.5 Å². The first-order chi connectivity index (χ1) is 11.4. The third-order valence-corrected chi connectivity index (χ3v) is 5.44. The molecule has 2 rings (SSSR count). The van der Waals surface area contributed by atoms with Crippen LogP contribution in [0.3, 0.4) is 0 Å². The average Bonchev–Trinajstić information content (AvgIpc) is 2.55. The van der Waals surface area contributed by atoms with Crippen molar-refractivity contribution in [2.45, 2.75) is 11.8 Å². The van der Waals surface area contributed by atoms with Gasteiger partial charge in [0.05, 0.1) is 21.9 Å². The second-order valence-corrected chi connectivity index (χ2v) is 7.83. The molecule has 0 fully saturated rings. The fraction of sp³-hybridized carbons (Fsp3) is 0.188. The number of esters is 1. The van der Waals surface area contributed by atoms with Crippen LogP contribution in [0.4, 0.5) is 0 Å². The molecule has 0 spiro atoms. The lowest BCUT2D eigenvalue weighted by atomic mass is 10.3. The molecule has 0 N–H and O–H groups in total. The number of hydrogen-bond donors (Lipinski definition) is 0. The molecule has 1 aromatic heterocycles. The Hall–Kier alpha value is -2.06. The number of carbonyl (C=O) groups is 2. The van der Waals surface area contributed by atoms with E-state index in [2.05, 4.69) is 25.3 Å². The van der Waals surface area contributed by atoms with Crippen molar-refractivity contribution in [3.63, 3.8) is 0 Å². The van der Waals surface area contributed by atoms with Crippen molar-refractivity contribution in [2.24, 2.45) is 4.36 Å². The average molecular weight is 411 g/mol. The molecule has 1 aromatic carbocycles. The van der Waals surface area contributed by atoms with Crippen LogP contribution >= 0.6 is 15.9 Å². The van der Waals surface area contributed by atoms with Crippen LogP contribution in [0.2, 0.25) is 0 Å². The topological polar surface area (TPSA) is 85.7 Å². The number of ether oxygens (including phenoxy) is 1. The molecular formula is C16H15BrN2O4S. The Labute approximate surface area is 148 Å². The molecule has 2 aromatic rings. The van der Waals surface area contributed by atoms with Gasteiger partial charge in [0.25, 0.3) is 5.91 Å². The highest BCUT2D eigenvalue weighted by molar-refractivity contribution is 9.10. The molecule has 0 aliphatic carbocycles. The lowest BCUT2D eigenvalue weighted by molar-refractivity contribution is -0.139. The number of aromatic nitrogens is 1. The Bertz CT molecular complexity index is 861. The van der Waals surface area contributed by atoms with E-state index in [9.17, 15) is 13.8 Å². The van der Waals surface area contributed by atoms with Gasteiger partial charge < -0.3 is 4.74 Å². The highest BCUT2D eigenvalue weighted by atomic mass is 79.9. The van der Waals surface area contributed by atoms with Crippen molar-refractivity contribution < 1.29 is 18.5 Å². The maximum absolute atomic E-state index is 13.2. The lowest BCUT2D eigenvalue weighted by Gasteiger charge is -2.09. The predicted molar refractivity (Wildman–Crippen MR) is 93.0 cm³/mol. The maximum Gasteiger partial charge on any atom is 0.319 e. The molecular weight excluding hydrogens is 396 g/mol. The lowest BCUT2D eigenvalue weighted by Crippen LogP contribution is -2.20. The van der Waals surface area contributed by atoms with Crippen LogP contribution in [0.25, 0.3) is 0 Å². The second-order valence-electron chi connectivity index (χ2n) is 4.69. The molecule has 0 aliphatic heterocycles. The van der Waals surface area contributed by atoms with Crippen LogP contribution < -0.4 is 0 Å². The van der Waals surface area contributed by atoms with E-state index in [1.807, 2.05) is 0 Å². The van der Waals surface area contributed by atoms with Crippen molar-refractivity contribution in [3.8, 4) is 0 Å². The number of amides is 1. The number of carbonyl (C=O) groups excluding carboxylic acids is 2. The van der Waals surface area contributed by atoms with Gasteiger partial charge in [-0.25, -0.2) is 4.21 Å². The zero-order valence-corrected chi connectivity index (χ0v) is 15.2. The molecule has 0 radical (unpaired) electrons. The van der Waals surface area contributed by atoms with Crippen LogP contribution in [0, 0.1) is 0 Å². The van der Waals surface area contributed by atoms with E-state index in [4.69, 9.17) is 4.74 Å². The molecule has 1 amide bonds. The monoisotopic (exact) mass is 410 g/mol. The van der Waals surface area contributed by atoms with Crippen molar-refractivity contribution in [3.05, 3.63) is 58.8 Å². The van der Waals surface area contributed by atoms with Gasteiger partial charge in [-0.1, -0.05) is 18.2 Å². The smallest absolute Gasteiger partial charge is 0.319 e. The first kappa shape index (κ1) is 18.3. The summed E-state index contributed by atoms with van der Waals surface area (Å²) in [5.74, 6) is -1.87. The van der Waals surface area contributed by atoms with Crippen molar-refractivity contribution >= 4 is 37.5 Å². The van der Waals surface area contributed by atoms with Crippen molar-refractivity contribution in [1.29, 1.82) is 0 Å². The maximum atomic E-state index is 13.2. The van der Waals surface area contributed by atoms with Gasteiger partial charge in [-0.2, -0.15) is 4.36 Å². The zero-order valence-electron chi connectivity index (χ0n) is 12.8. The fourth-order valence-electron chi connectivity index (χ4n) is 1.88. The van der Waals surface area contributed by atoms with Gasteiger partial charge in [0.15, 0.2) is 0 Å². The summed E-state index contributed by atoms with van der Waals surface area (Å²) >= 11 is 3.21. The number of halogens is 1. The Kier molecular flexibility index (Phi) is 6.22. The van der Waals surface area contributed by atoms with Gasteiger partial charge in [-0.3, -0.25) is 14.6 Å². The first-order valence-corrected chi connectivity index (χ1v) is 9.53. The summed E-state index contributed by atoms with van der Waals surface area (Å²) in [6, 6.07) is 9.73. The highest BCUT2D eigenvalue weighted by Gasteiger charge is 2.21. The van der Waals surface area contributed by atoms with Crippen molar-refractivity contribution in [1.82, 2.24) is 4.98 Å². The highest BCUT2D eigenvalue weighted by Crippen LogP contribution is 2.17. The predicted octanol–water partition coefficient (Wildman–Crippen LogP) is 3.07. The van der Waals surface area contributed by atoms with Gasteiger partial charge in [0, 0.05) is 21.8 Å². The summed E-state index contributed by atoms with van der Waals surface area (Å²) < 4.78 is 22.5. The quantitative estimate of drug-likeness (QED) is 0.706. The third kappa shape index (κ3) is 4.72. The van der Waals surface area contributed by atoms with E-state index in [-0.39, 0.29) is 12.2 Å². The van der Waals surface area contributed by atoms with Crippen molar-refractivity contribution in [2.75, 3.05) is 12.4 Å². The summed E-state index contributed by atoms with van der Waals surface area (Å²) in [4.78, 5) is 28.4. The Balaban J connectivity index is 2.47. The SMILES string of the molecule is CCOC(=O)CS(=O)(=NC(=O)c1cncc(Br)c1)c1ccccc1. The van der Waals surface area contributed by atoms with Crippen LogP contribution in [-0.2, 0) is 19.3 Å². The molecule has 0 aliphatic rings. The minimum absolute atomic E-state index is 0.159. The van der Waals surface area contributed by atoms with E-state index in [0.29, 0.717) is 9.37 Å². The summed E-state index contributed by atoms with van der Waals surface area (Å²) in [7, 11) is -3.29. The molecule has 1 atom stereocenters. The van der Waals surface area contributed by atoms with Gasteiger partial charge in [-0.05, 0) is 41.1 Å². The van der Waals surface area contributed by atoms with E-state index in [1.54, 1.807) is 37.3 Å². The summed E-state index contributed by atoms with van der Waals surface area (Å²) in [5.41, 5.74) is 0.178. The van der Waals surface area contributed by atoms with Gasteiger partial charge >= 0.3 is 5.97 Å². The molecule has 0 saturated carbocycles. The van der Waals surface area contributed by atoms with E-state index in [0.717, 1.165) is 0 Å². The summed E-state index contributed by atoms with van der Waals surface area (Å²) in [6.45, 7) is 1.81. The Morgan fingerprint density at radius 2 is 1.96 bits per heavy atom. The van der Waals surface area contributed by atoms with Gasteiger partial charge in [0.2, 0.25) is 0 Å². The Morgan fingerprint density at radius 1 is 1.25 bits per heavy atom. The van der Waals surface area contributed by atoms with E-state index >= 15 is 0 Å². The minimum atomic E-state index is -3.29. The van der Waals surface area contributed by atoms with Gasteiger partial charge in [-0.15, -0.1) is 0 Å². The van der Waals surface area contributed by atoms with Crippen LogP contribution in [0.5, 0.6) is 0 Å². The molecule has 1 heterocycles. The number of benzene rings is 1. The molecule has 8 heteroatoms. The molecule has 0 saturated heterocycles. The second kappa shape index (κ2) is 8.16. The van der Waals surface area contributed by atoms with Crippen LogP contribution in [-0.4, -0.2) is 33.4 Å². The fourth-order valence-corrected chi connectivity index (χ4v) is 3.94. The van der Waals surface area contributed by atoms with Crippen LogP contribution in [0.1, 0.15) is 17.3 Å². The largest absolute Gasteiger partial charge is 0.465 e. The number of nitrogens with zero attached hydrogens (tertiary/aromatic N) is 2. The minimum Gasteiger partial charge on any atom is -0.465 e. The third-order valence-electron chi connectivity index (χ3n) is 2.91. The number of hydrogen-bond acceptors (Lipinski definition) is 5. The Morgan fingerprint density at radius 3 is 2.58 bits per heavy atom.